The Balaban J connectivity index is 0.00000289. The summed E-state index contributed by atoms with van der Waals surface area (Å²) in [7, 11) is 0. The second-order valence-electron chi connectivity index (χ2n) is 5.26. The molecule has 1 saturated heterocycles. The van der Waals surface area contributed by atoms with Crippen LogP contribution >= 0.6 is 24.2 Å². The summed E-state index contributed by atoms with van der Waals surface area (Å²) in [6.07, 6.45) is 5.28. The van der Waals surface area contributed by atoms with E-state index in [1.54, 1.807) is 0 Å². The van der Waals surface area contributed by atoms with Crippen LogP contribution < -0.4 is 10.6 Å². The molecular formula is C13H27ClN2OS. The second-order valence-corrected chi connectivity index (χ2v) is 6.54. The van der Waals surface area contributed by atoms with E-state index in [9.17, 15) is 4.79 Å². The first-order valence-electron chi connectivity index (χ1n) is 6.56. The fourth-order valence-corrected chi connectivity index (χ4v) is 3.12. The minimum atomic E-state index is -0.203. The number of carbonyl (C=O) groups excluding carboxylic acids is 1. The molecule has 0 saturated carbocycles. The molecule has 0 aromatic carbocycles. The average Bonchev–Trinajstić information content (AvgIpc) is 2.80. The Hall–Kier alpha value is 0.0700. The summed E-state index contributed by atoms with van der Waals surface area (Å²) in [6, 6.07) is 0. The van der Waals surface area contributed by atoms with E-state index < -0.39 is 0 Å². The van der Waals surface area contributed by atoms with E-state index >= 15 is 0 Å². The van der Waals surface area contributed by atoms with Gasteiger partial charge in [0.2, 0.25) is 5.91 Å². The highest BCUT2D eigenvalue weighted by Gasteiger charge is 2.37. The summed E-state index contributed by atoms with van der Waals surface area (Å²) in [5.41, 5.74) is -0.203. The van der Waals surface area contributed by atoms with Crippen LogP contribution in [0.1, 0.15) is 40.0 Å². The van der Waals surface area contributed by atoms with Gasteiger partial charge in [0, 0.05) is 17.8 Å². The van der Waals surface area contributed by atoms with Crippen LogP contribution in [0.2, 0.25) is 0 Å². The fourth-order valence-electron chi connectivity index (χ4n) is 2.33. The molecule has 1 aliphatic heterocycles. The summed E-state index contributed by atoms with van der Waals surface area (Å²) in [6.45, 7) is 9.01. The molecule has 0 spiro atoms. The third-order valence-electron chi connectivity index (χ3n) is 4.21. The fraction of sp³-hybridized carbons (Fsp3) is 0.923. The van der Waals surface area contributed by atoms with Gasteiger partial charge in [-0.15, -0.1) is 12.4 Å². The van der Waals surface area contributed by atoms with Crippen LogP contribution in [0.4, 0.5) is 0 Å². The minimum absolute atomic E-state index is 0. The van der Waals surface area contributed by atoms with Crippen molar-refractivity contribution in [3.63, 3.8) is 0 Å². The Bertz CT molecular complexity index is 255. The molecule has 0 aromatic heterocycles. The molecule has 0 aromatic rings. The van der Waals surface area contributed by atoms with Crippen molar-refractivity contribution in [1.29, 1.82) is 0 Å². The maximum Gasteiger partial charge on any atom is 0.227 e. The number of thioether (sulfide) groups is 1. The lowest BCUT2D eigenvalue weighted by atomic mass is 9.88. The molecule has 2 N–H and O–H groups in total. The van der Waals surface area contributed by atoms with E-state index in [0.29, 0.717) is 0 Å². The molecule has 5 heteroatoms. The van der Waals surface area contributed by atoms with Gasteiger partial charge in [-0.05, 0) is 39.0 Å². The van der Waals surface area contributed by atoms with Crippen molar-refractivity contribution in [1.82, 2.24) is 10.6 Å². The van der Waals surface area contributed by atoms with Gasteiger partial charge in [-0.3, -0.25) is 4.79 Å². The molecule has 18 heavy (non-hydrogen) atoms. The lowest BCUT2D eigenvalue weighted by Crippen LogP contribution is -2.46. The molecule has 1 aliphatic rings. The zero-order valence-corrected chi connectivity index (χ0v) is 13.6. The molecule has 1 rings (SSSR count). The first kappa shape index (κ1) is 18.1. The van der Waals surface area contributed by atoms with Crippen LogP contribution in [-0.4, -0.2) is 36.5 Å². The van der Waals surface area contributed by atoms with Gasteiger partial charge in [-0.2, -0.15) is 11.8 Å². The van der Waals surface area contributed by atoms with E-state index in [2.05, 4.69) is 37.7 Å². The molecule has 1 heterocycles. The van der Waals surface area contributed by atoms with Gasteiger partial charge in [-0.1, -0.05) is 13.8 Å². The number of carbonyl (C=O) groups is 1. The summed E-state index contributed by atoms with van der Waals surface area (Å²) in [5, 5.41) is 6.43. The molecular weight excluding hydrogens is 268 g/mol. The molecule has 0 aliphatic carbocycles. The van der Waals surface area contributed by atoms with Crippen molar-refractivity contribution < 1.29 is 4.79 Å². The Morgan fingerprint density at radius 3 is 2.44 bits per heavy atom. The Labute approximate surface area is 122 Å². The third kappa shape index (κ3) is 4.04. The normalized spacial score (nSPS) is 23.6. The predicted molar refractivity (Wildman–Crippen MR) is 82.7 cm³/mol. The maximum atomic E-state index is 12.2. The number of hydrogen-bond acceptors (Lipinski definition) is 3. The van der Waals surface area contributed by atoms with Gasteiger partial charge in [0.05, 0.1) is 5.41 Å². The van der Waals surface area contributed by atoms with Crippen LogP contribution in [0, 0.1) is 5.41 Å². The zero-order valence-electron chi connectivity index (χ0n) is 12.0. The topological polar surface area (TPSA) is 41.1 Å². The quantitative estimate of drug-likeness (QED) is 0.791. The largest absolute Gasteiger partial charge is 0.354 e. The molecule has 0 radical (unpaired) electrons. The lowest BCUT2D eigenvalue weighted by molar-refractivity contribution is -0.129. The highest BCUT2D eigenvalue weighted by atomic mass is 35.5. The third-order valence-corrected chi connectivity index (χ3v) is 5.80. The second kappa shape index (κ2) is 7.61. The number of nitrogens with one attached hydrogen (secondary N) is 2. The highest BCUT2D eigenvalue weighted by Crippen LogP contribution is 2.30. The van der Waals surface area contributed by atoms with E-state index in [0.717, 1.165) is 38.9 Å². The molecule has 1 fully saturated rings. The van der Waals surface area contributed by atoms with Crippen LogP contribution in [-0.2, 0) is 4.79 Å². The maximum absolute atomic E-state index is 12.2. The van der Waals surface area contributed by atoms with Crippen LogP contribution in [0.3, 0.4) is 0 Å². The molecule has 108 valence electrons. The Morgan fingerprint density at radius 2 is 2.06 bits per heavy atom. The van der Waals surface area contributed by atoms with Crippen molar-refractivity contribution in [3.05, 3.63) is 0 Å². The summed E-state index contributed by atoms with van der Waals surface area (Å²) < 4.78 is 0.206. The van der Waals surface area contributed by atoms with E-state index in [4.69, 9.17) is 0 Å². The zero-order chi connectivity index (χ0) is 12.9. The molecule has 3 nitrogen and oxygen atoms in total. The van der Waals surface area contributed by atoms with E-state index in [1.165, 1.54) is 0 Å². The SMILES string of the molecule is CCC(CC)(CNC(=O)C1(C)CCNC1)SC.Cl. The van der Waals surface area contributed by atoms with Crippen molar-refractivity contribution in [3.8, 4) is 0 Å². The van der Waals surface area contributed by atoms with Gasteiger partial charge < -0.3 is 10.6 Å². The van der Waals surface area contributed by atoms with Crippen molar-refractivity contribution in [2.24, 2.45) is 5.41 Å². The van der Waals surface area contributed by atoms with Gasteiger partial charge in [0.15, 0.2) is 0 Å². The smallest absolute Gasteiger partial charge is 0.227 e. The first-order chi connectivity index (χ1) is 8.02. The standard InChI is InChI=1S/C13H26N2OS.ClH/c1-5-13(6-2,17-4)10-15-11(16)12(3)7-8-14-9-12;/h14H,5-10H2,1-4H3,(H,15,16);1H. The van der Waals surface area contributed by atoms with Gasteiger partial charge in [0.25, 0.3) is 0 Å². The monoisotopic (exact) mass is 294 g/mol. The Morgan fingerprint density at radius 1 is 1.44 bits per heavy atom. The van der Waals surface area contributed by atoms with Crippen LogP contribution in [0.5, 0.6) is 0 Å². The molecule has 1 amide bonds. The number of hydrogen-bond donors (Lipinski definition) is 2. The Kier molecular flexibility index (Phi) is 7.64. The van der Waals surface area contributed by atoms with Crippen molar-refractivity contribution in [2.75, 3.05) is 25.9 Å². The summed E-state index contributed by atoms with van der Waals surface area (Å²) in [5.74, 6) is 0.211. The average molecular weight is 295 g/mol. The summed E-state index contributed by atoms with van der Waals surface area (Å²) >= 11 is 1.87. The van der Waals surface area contributed by atoms with Gasteiger partial charge in [-0.25, -0.2) is 0 Å². The number of rotatable bonds is 6. The predicted octanol–water partition coefficient (Wildman–Crippen LogP) is 2.45. The van der Waals surface area contributed by atoms with Gasteiger partial charge >= 0.3 is 0 Å². The minimum Gasteiger partial charge on any atom is -0.354 e. The first-order valence-corrected chi connectivity index (χ1v) is 7.78. The van der Waals surface area contributed by atoms with Crippen molar-refractivity contribution >= 4 is 30.1 Å². The van der Waals surface area contributed by atoms with Gasteiger partial charge in [0.1, 0.15) is 0 Å². The molecule has 0 bridgehead atoms. The molecule has 1 atom stereocenters. The molecule has 1 unspecified atom stereocenters. The van der Waals surface area contributed by atoms with Crippen LogP contribution in [0.15, 0.2) is 0 Å². The highest BCUT2D eigenvalue weighted by molar-refractivity contribution is 8.00. The number of amides is 1. The van der Waals surface area contributed by atoms with Crippen molar-refractivity contribution in [2.45, 2.75) is 44.8 Å². The summed E-state index contributed by atoms with van der Waals surface area (Å²) in [4.78, 5) is 12.2. The lowest BCUT2D eigenvalue weighted by Gasteiger charge is -2.32. The number of halogens is 1. The van der Waals surface area contributed by atoms with E-state index in [-0.39, 0.29) is 28.5 Å². The van der Waals surface area contributed by atoms with Crippen LogP contribution in [0.25, 0.3) is 0 Å². The van der Waals surface area contributed by atoms with E-state index in [1.807, 2.05) is 11.8 Å².